The van der Waals surface area contributed by atoms with Gasteiger partial charge in [0.15, 0.2) is 0 Å². The molecular formula is C32H24ClN3O8. The predicted octanol–water partition coefficient (Wildman–Crippen LogP) is 6.08. The Kier molecular flexibility index (Phi) is 8.87. The van der Waals surface area contributed by atoms with Crippen LogP contribution in [0.5, 0.6) is 17.2 Å². The van der Waals surface area contributed by atoms with Gasteiger partial charge in [0.25, 0.3) is 17.5 Å². The van der Waals surface area contributed by atoms with Crippen LogP contribution in [-0.4, -0.2) is 29.9 Å². The van der Waals surface area contributed by atoms with Gasteiger partial charge in [-0.05, 0) is 77.9 Å². The second-order valence-electron chi connectivity index (χ2n) is 9.48. The fraction of sp³-hybridized carbons (Fsp3) is 0.0938. The lowest BCUT2D eigenvalue weighted by Crippen LogP contribution is -2.54. The van der Waals surface area contributed by atoms with E-state index in [1.54, 1.807) is 54.6 Å². The van der Waals surface area contributed by atoms with Gasteiger partial charge in [0.05, 0.1) is 17.7 Å². The number of carbonyl (C=O) groups excluding carboxylic acids is 3. The molecule has 44 heavy (non-hydrogen) atoms. The number of non-ortho nitro benzene ring substituents is 1. The minimum Gasteiger partial charge on any atom is -0.497 e. The van der Waals surface area contributed by atoms with Crippen molar-refractivity contribution in [2.24, 2.45) is 0 Å². The number of hydrogen-bond donors (Lipinski definition) is 1. The van der Waals surface area contributed by atoms with Crippen LogP contribution in [0.25, 0.3) is 6.08 Å². The molecule has 0 aliphatic carbocycles. The summed E-state index contributed by atoms with van der Waals surface area (Å²) in [5.74, 6) is -0.447. The molecule has 222 valence electrons. The van der Waals surface area contributed by atoms with Gasteiger partial charge in [0, 0.05) is 28.8 Å². The molecule has 0 unspecified atom stereocenters. The van der Waals surface area contributed by atoms with E-state index in [4.69, 9.17) is 25.8 Å². The lowest BCUT2D eigenvalue weighted by Gasteiger charge is -2.26. The second-order valence-corrected chi connectivity index (χ2v) is 9.92. The fourth-order valence-electron chi connectivity index (χ4n) is 4.25. The maximum atomic E-state index is 13.5. The first-order valence-electron chi connectivity index (χ1n) is 13.1. The van der Waals surface area contributed by atoms with E-state index in [1.165, 1.54) is 37.5 Å². The Morgan fingerprint density at radius 3 is 2.09 bits per heavy atom. The molecule has 1 fully saturated rings. The second kappa shape index (κ2) is 13.1. The summed E-state index contributed by atoms with van der Waals surface area (Å²) in [6, 6.07) is 23.3. The average Bonchev–Trinajstić information content (AvgIpc) is 3.02. The van der Waals surface area contributed by atoms with E-state index < -0.39 is 22.8 Å². The van der Waals surface area contributed by atoms with Gasteiger partial charge in [-0.1, -0.05) is 23.7 Å². The van der Waals surface area contributed by atoms with Crippen LogP contribution >= 0.6 is 11.6 Å². The highest BCUT2D eigenvalue weighted by atomic mass is 35.5. The molecule has 1 heterocycles. The molecule has 1 aliphatic heterocycles. The number of amides is 4. The third kappa shape index (κ3) is 6.85. The Morgan fingerprint density at radius 1 is 0.841 bits per heavy atom. The summed E-state index contributed by atoms with van der Waals surface area (Å²) in [4.78, 5) is 50.3. The monoisotopic (exact) mass is 613 g/mol. The van der Waals surface area contributed by atoms with Gasteiger partial charge in [-0.3, -0.25) is 25.0 Å². The molecule has 1 N–H and O–H groups in total. The van der Waals surface area contributed by atoms with Crippen molar-refractivity contribution in [2.45, 2.75) is 13.2 Å². The molecule has 0 aromatic heterocycles. The lowest BCUT2D eigenvalue weighted by atomic mass is 10.1. The average molecular weight is 614 g/mol. The number of rotatable bonds is 10. The van der Waals surface area contributed by atoms with E-state index in [-0.39, 0.29) is 35.9 Å². The first-order valence-corrected chi connectivity index (χ1v) is 13.5. The predicted molar refractivity (Wildman–Crippen MR) is 162 cm³/mol. The van der Waals surface area contributed by atoms with Crippen molar-refractivity contribution >= 4 is 46.9 Å². The molecule has 0 spiro atoms. The summed E-state index contributed by atoms with van der Waals surface area (Å²) in [7, 11) is 1.48. The third-order valence-electron chi connectivity index (χ3n) is 6.58. The van der Waals surface area contributed by atoms with E-state index in [0.29, 0.717) is 27.6 Å². The zero-order chi connectivity index (χ0) is 31.2. The number of barbiturate groups is 1. The van der Waals surface area contributed by atoms with Crippen molar-refractivity contribution in [1.82, 2.24) is 5.32 Å². The van der Waals surface area contributed by atoms with Crippen molar-refractivity contribution in [3.8, 4) is 17.2 Å². The molecule has 4 aromatic rings. The summed E-state index contributed by atoms with van der Waals surface area (Å²) in [5, 5.41) is 13.8. The summed E-state index contributed by atoms with van der Waals surface area (Å²) in [5.41, 5.74) is 1.81. The minimum absolute atomic E-state index is 0.0402. The number of nitrogens with one attached hydrogen (secondary N) is 1. The molecule has 1 saturated heterocycles. The maximum absolute atomic E-state index is 13.5. The quantitative estimate of drug-likeness (QED) is 0.0983. The van der Waals surface area contributed by atoms with Crippen LogP contribution < -0.4 is 24.4 Å². The van der Waals surface area contributed by atoms with Gasteiger partial charge in [-0.25, -0.2) is 9.69 Å². The number of nitro groups is 1. The summed E-state index contributed by atoms with van der Waals surface area (Å²) in [6.45, 7) is 0.329. The number of ether oxygens (including phenoxy) is 3. The standard InChI is InChI=1S/C32H24ClN3O8/c1-42-27-13-6-22(29(17-27)44-19-21-4-9-25(10-5-21)36(40)41)16-28-30(37)34-32(39)35(31(28)38)24-11-14-26(15-12-24)43-18-20-2-7-23(33)8-3-20/h2-17H,18-19H2,1H3,(H,34,37,39)/b28-16+. The Labute approximate surface area is 256 Å². The molecule has 5 rings (SSSR count). The zero-order valence-electron chi connectivity index (χ0n) is 23.2. The Morgan fingerprint density at radius 2 is 1.45 bits per heavy atom. The summed E-state index contributed by atoms with van der Waals surface area (Å²) >= 11 is 5.92. The maximum Gasteiger partial charge on any atom is 0.335 e. The van der Waals surface area contributed by atoms with Gasteiger partial charge in [-0.15, -0.1) is 0 Å². The normalized spacial score (nSPS) is 13.9. The van der Waals surface area contributed by atoms with Crippen LogP contribution in [0, 0.1) is 10.1 Å². The third-order valence-corrected chi connectivity index (χ3v) is 6.83. The van der Waals surface area contributed by atoms with Crippen LogP contribution in [0.3, 0.4) is 0 Å². The summed E-state index contributed by atoms with van der Waals surface area (Å²) in [6.07, 6.45) is 1.32. The van der Waals surface area contributed by atoms with E-state index in [2.05, 4.69) is 5.32 Å². The molecule has 12 heteroatoms. The zero-order valence-corrected chi connectivity index (χ0v) is 23.9. The first kappa shape index (κ1) is 29.8. The lowest BCUT2D eigenvalue weighted by molar-refractivity contribution is -0.384. The van der Waals surface area contributed by atoms with Crippen LogP contribution in [0.2, 0.25) is 5.02 Å². The van der Waals surface area contributed by atoms with Crippen LogP contribution in [-0.2, 0) is 22.8 Å². The molecule has 1 aliphatic rings. The molecule has 4 amide bonds. The number of urea groups is 1. The van der Waals surface area contributed by atoms with E-state index >= 15 is 0 Å². The molecule has 0 bridgehead atoms. The number of nitrogens with zero attached hydrogens (tertiary/aromatic N) is 2. The molecule has 0 radical (unpaired) electrons. The van der Waals surface area contributed by atoms with Crippen molar-refractivity contribution < 1.29 is 33.5 Å². The van der Waals surface area contributed by atoms with Gasteiger partial charge < -0.3 is 14.2 Å². The number of methoxy groups -OCH3 is 1. The fourth-order valence-corrected chi connectivity index (χ4v) is 4.37. The van der Waals surface area contributed by atoms with Gasteiger partial charge >= 0.3 is 6.03 Å². The Bertz CT molecular complexity index is 1750. The number of carbonyl (C=O) groups is 3. The van der Waals surface area contributed by atoms with Crippen LogP contribution in [0.4, 0.5) is 16.2 Å². The minimum atomic E-state index is -0.892. The van der Waals surface area contributed by atoms with E-state index in [1.807, 2.05) is 12.1 Å². The Hall–Kier alpha value is -5.68. The Balaban J connectivity index is 1.35. The highest BCUT2D eigenvalue weighted by molar-refractivity contribution is 6.39. The number of halogens is 1. The van der Waals surface area contributed by atoms with Crippen molar-refractivity contribution in [1.29, 1.82) is 0 Å². The van der Waals surface area contributed by atoms with Gasteiger partial charge in [0.2, 0.25) is 0 Å². The van der Waals surface area contributed by atoms with Gasteiger partial charge in [-0.2, -0.15) is 0 Å². The smallest absolute Gasteiger partial charge is 0.335 e. The number of imide groups is 2. The number of anilines is 1. The molecule has 0 saturated carbocycles. The SMILES string of the molecule is COc1ccc(/C=C2\C(=O)NC(=O)N(c3ccc(OCc4ccc(Cl)cc4)cc3)C2=O)c(OCc2ccc([N+](=O)[O-])cc2)c1. The van der Waals surface area contributed by atoms with E-state index in [0.717, 1.165) is 10.5 Å². The molecular weight excluding hydrogens is 590 g/mol. The topological polar surface area (TPSA) is 137 Å². The van der Waals surface area contributed by atoms with Crippen molar-refractivity contribution in [2.75, 3.05) is 12.0 Å². The van der Waals surface area contributed by atoms with E-state index in [9.17, 15) is 24.5 Å². The number of hydrogen-bond acceptors (Lipinski definition) is 8. The summed E-state index contributed by atoms with van der Waals surface area (Å²) < 4.78 is 17.0. The molecule has 4 aromatic carbocycles. The molecule has 0 atom stereocenters. The number of benzene rings is 4. The van der Waals surface area contributed by atoms with Gasteiger partial charge in [0.1, 0.15) is 36.0 Å². The highest BCUT2D eigenvalue weighted by Crippen LogP contribution is 2.30. The highest BCUT2D eigenvalue weighted by Gasteiger charge is 2.37. The molecule has 11 nitrogen and oxygen atoms in total. The number of nitro benzene ring substituents is 1. The first-order chi connectivity index (χ1) is 21.2. The van der Waals surface area contributed by atoms with Crippen molar-refractivity contribution in [3.05, 3.63) is 128 Å². The van der Waals surface area contributed by atoms with Crippen molar-refractivity contribution in [3.63, 3.8) is 0 Å². The van der Waals surface area contributed by atoms with Crippen LogP contribution in [0.15, 0.2) is 96.6 Å². The largest absolute Gasteiger partial charge is 0.497 e. The van der Waals surface area contributed by atoms with Crippen LogP contribution in [0.1, 0.15) is 16.7 Å².